The molecule has 0 spiro atoms. The quantitative estimate of drug-likeness (QED) is 0.453. The van der Waals surface area contributed by atoms with Gasteiger partial charge in [0.2, 0.25) is 0 Å². The molecule has 9 nitrogen and oxygen atoms in total. The number of hydrogen-bond donors (Lipinski definition) is 3. The molecular weight excluding hydrogens is 472 g/mol. The first-order valence-corrected chi connectivity index (χ1v) is 9.74. The van der Waals surface area contributed by atoms with Crippen molar-refractivity contribution in [3.05, 3.63) is 40.2 Å². The van der Waals surface area contributed by atoms with E-state index in [4.69, 9.17) is 16.3 Å². The molecule has 0 unspecified atom stereocenters. The molecule has 0 bridgehead atoms. The van der Waals surface area contributed by atoms with Crippen molar-refractivity contribution in [3.63, 3.8) is 0 Å². The van der Waals surface area contributed by atoms with Crippen LogP contribution in [0.5, 0.6) is 5.75 Å². The van der Waals surface area contributed by atoms with Gasteiger partial charge in [-0.1, -0.05) is 11.6 Å². The summed E-state index contributed by atoms with van der Waals surface area (Å²) in [6.45, 7) is 2.69. The highest BCUT2D eigenvalue weighted by atomic mass is 35.5. The number of rotatable bonds is 6. The lowest BCUT2D eigenvalue weighted by atomic mass is 10.1. The zero-order valence-corrected chi connectivity index (χ0v) is 18.6. The normalized spacial score (nSPS) is 12.2. The van der Waals surface area contributed by atoms with E-state index in [1.165, 1.54) is 25.6 Å². The van der Waals surface area contributed by atoms with Crippen LogP contribution in [0, 0.1) is 12.7 Å². The van der Waals surface area contributed by atoms with Gasteiger partial charge in [-0.25, -0.2) is 14.1 Å². The van der Waals surface area contributed by atoms with Crippen molar-refractivity contribution in [2.75, 3.05) is 11.9 Å². The van der Waals surface area contributed by atoms with Gasteiger partial charge in [-0.2, -0.15) is 23.4 Å². The number of carbonyl (C=O) groups excluding carboxylic acids is 1. The first kappa shape index (κ1) is 24.5. The molecule has 0 atom stereocenters. The van der Waals surface area contributed by atoms with E-state index < -0.39 is 41.4 Å². The monoisotopic (exact) mass is 490 g/mol. The van der Waals surface area contributed by atoms with Crippen molar-refractivity contribution in [3.8, 4) is 17.1 Å². The Bertz CT molecular complexity index is 1180. The average molecular weight is 491 g/mol. The van der Waals surface area contributed by atoms with Crippen LogP contribution in [0.2, 0.25) is 5.15 Å². The molecule has 3 N–H and O–H groups in total. The second-order valence-corrected chi connectivity index (χ2v) is 8.00. The lowest BCUT2D eigenvalue weighted by Crippen LogP contribution is -2.21. The third kappa shape index (κ3) is 5.42. The number of aromatic amines is 1. The molecule has 0 aliphatic carbocycles. The molecule has 0 fully saturated rings. The first-order valence-electron chi connectivity index (χ1n) is 9.36. The van der Waals surface area contributed by atoms with Gasteiger partial charge in [0.25, 0.3) is 5.91 Å². The largest absolute Gasteiger partial charge is 0.483 e. The van der Waals surface area contributed by atoms with Crippen molar-refractivity contribution < 1.29 is 32.2 Å². The van der Waals surface area contributed by atoms with Crippen LogP contribution in [-0.2, 0) is 12.6 Å². The molecule has 2 aromatic heterocycles. The number of benzene rings is 1. The number of H-pyrrole nitrogens is 1. The molecule has 0 aliphatic rings. The molecule has 3 rings (SSSR count). The van der Waals surface area contributed by atoms with E-state index in [9.17, 15) is 27.5 Å². The summed E-state index contributed by atoms with van der Waals surface area (Å²) in [6, 6.07) is 1.60. The van der Waals surface area contributed by atoms with Crippen LogP contribution in [-0.4, -0.2) is 48.8 Å². The molecule has 1 amide bonds. The Kier molecular flexibility index (Phi) is 6.40. The van der Waals surface area contributed by atoms with E-state index in [1.807, 2.05) is 0 Å². The van der Waals surface area contributed by atoms with E-state index in [2.05, 4.69) is 25.6 Å². The number of hydrogen-bond acceptors (Lipinski definition) is 6. The standard InChI is InChI=1S/C19H19ClF4N6O3/c1-8-13(14(20)28-27-8)25-16(31)10-5-11(21)9(6-12(10)33-7-19(22,23)24)15-26-17(18(2,3)32)30(4)29-15/h5-6,32H,7H2,1-4H3,(H,25,31)(H,27,28). The summed E-state index contributed by atoms with van der Waals surface area (Å²) in [6.07, 6.45) is -4.72. The molecule has 0 saturated carbocycles. The Labute approximate surface area is 189 Å². The fraction of sp³-hybridized carbons (Fsp3) is 0.368. The molecule has 2 heterocycles. The van der Waals surface area contributed by atoms with Crippen LogP contribution >= 0.6 is 11.6 Å². The van der Waals surface area contributed by atoms with E-state index in [0.29, 0.717) is 11.8 Å². The molecule has 3 aromatic rings. The molecule has 1 aromatic carbocycles. The highest BCUT2D eigenvalue weighted by molar-refractivity contribution is 6.33. The van der Waals surface area contributed by atoms with Crippen molar-refractivity contribution in [1.29, 1.82) is 0 Å². The van der Waals surface area contributed by atoms with Crippen LogP contribution in [0.25, 0.3) is 11.4 Å². The minimum atomic E-state index is -4.72. The number of nitrogens with zero attached hydrogens (tertiary/aromatic N) is 4. The predicted octanol–water partition coefficient (Wildman–Crippen LogP) is 3.73. The molecule has 14 heteroatoms. The average Bonchev–Trinajstić information content (AvgIpc) is 3.23. The Balaban J connectivity index is 2.07. The van der Waals surface area contributed by atoms with Gasteiger partial charge in [0.05, 0.1) is 16.8 Å². The highest BCUT2D eigenvalue weighted by Crippen LogP contribution is 2.32. The van der Waals surface area contributed by atoms with Crippen molar-refractivity contribution in [1.82, 2.24) is 25.0 Å². The van der Waals surface area contributed by atoms with Crippen LogP contribution in [0.4, 0.5) is 23.2 Å². The van der Waals surface area contributed by atoms with Gasteiger partial charge >= 0.3 is 6.18 Å². The summed E-state index contributed by atoms with van der Waals surface area (Å²) in [4.78, 5) is 16.8. The van der Waals surface area contributed by atoms with Gasteiger partial charge in [-0.15, -0.1) is 0 Å². The smallest absolute Gasteiger partial charge is 0.422 e. The molecule has 178 valence electrons. The summed E-state index contributed by atoms with van der Waals surface area (Å²) < 4.78 is 59.3. The minimum Gasteiger partial charge on any atom is -0.483 e. The zero-order valence-electron chi connectivity index (χ0n) is 17.8. The maximum Gasteiger partial charge on any atom is 0.422 e. The number of aryl methyl sites for hydroxylation is 2. The third-order valence-corrected chi connectivity index (χ3v) is 4.67. The Morgan fingerprint density at radius 2 is 2.00 bits per heavy atom. The molecule has 0 radical (unpaired) electrons. The summed E-state index contributed by atoms with van der Waals surface area (Å²) >= 11 is 5.88. The Morgan fingerprint density at radius 1 is 1.33 bits per heavy atom. The van der Waals surface area contributed by atoms with Gasteiger partial charge in [0.1, 0.15) is 22.9 Å². The number of carbonyl (C=O) groups is 1. The van der Waals surface area contributed by atoms with Crippen LogP contribution in [0.15, 0.2) is 12.1 Å². The van der Waals surface area contributed by atoms with Crippen molar-refractivity contribution in [2.24, 2.45) is 7.05 Å². The maximum absolute atomic E-state index is 15.0. The maximum atomic E-state index is 15.0. The number of halogens is 5. The topological polar surface area (TPSA) is 118 Å². The van der Waals surface area contributed by atoms with Gasteiger partial charge < -0.3 is 15.2 Å². The number of ether oxygens (including phenoxy) is 1. The van der Waals surface area contributed by atoms with Gasteiger partial charge in [0.15, 0.2) is 23.4 Å². The first-order chi connectivity index (χ1) is 15.2. The fourth-order valence-electron chi connectivity index (χ4n) is 2.94. The van der Waals surface area contributed by atoms with Gasteiger partial charge in [-0.3, -0.25) is 9.89 Å². The fourth-order valence-corrected chi connectivity index (χ4v) is 3.17. The predicted molar refractivity (Wildman–Crippen MR) is 109 cm³/mol. The molecule has 0 aliphatic heterocycles. The number of anilines is 1. The summed E-state index contributed by atoms with van der Waals surface area (Å²) in [5.41, 5.74) is -1.81. The third-order valence-electron chi connectivity index (χ3n) is 4.40. The lowest BCUT2D eigenvalue weighted by Gasteiger charge is -2.15. The molecule has 33 heavy (non-hydrogen) atoms. The Morgan fingerprint density at radius 3 is 2.52 bits per heavy atom. The van der Waals surface area contributed by atoms with E-state index in [0.717, 1.165) is 6.07 Å². The van der Waals surface area contributed by atoms with Crippen LogP contribution in [0.3, 0.4) is 0 Å². The van der Waals surface area contributed by atoms with E-state index in [1.54, 1.807) is 6.92 Å². The van der Waals surface area contributed by atoms with E-state index >= 15 is 0 Å². The zero-order chi connectivity index (χ0) is 24.7. The number of aromatic nitrogens is 5. The lowest BCUT2D eigenvalue weighted by molar-refractivity contribution is -0.153. The van der Waals surface area contributed by atoms with Gasteiger partial charge in [-0.05, 0) is 32.9 Å². The Hall–Kier alpha value is -3.19. The minimum absolute atomic E-state index is 0.0779. The summed E-state index contributed by atoms with van der Waals surface area (Å²) in [7, 11) is 1.46. The second-order valence-electron chi connectivity index (χ2n) is 7.64. The van der Waals surface area contributed by atoms with E-state index in [-0.39, 0.29) is 28.1 Å². The van der Waals surface area contributed by atoms with Gasteiger partial charge in [0, 0.05) is 7.05 Å². The SMILES string of the molecule is Cc1[nH]nc(Cl)c1NC(=O)c1cc(F)c(-c2nc(C(C)(C)O)n(C)n2)cc1OCC(F)(F)F. The van der Waals surface area contributed by atoms with Crippen LogP contribution in [0.1, 0.15) is 35.7 Å². The summed E-state index contributed by atoms with van der Waals surface area (Å²) in [5.74, 6) is -2.67. The van der Waals surface area contributed by atoms with Crippen LogP contribution < -0.4 is 10.1 Å². The van der Waals surface area contributed by atoms with Crippen molar-refractivity contribution >= 4 is 23.2 Å². The number of aliphatic hydroxyl groups is 1. The second kappa shape index (κ2) is 8.63. The summed E-state index contributed by atoms with van der Waals surface area (Å²) in [5, 5.41) is 22.7. The molecule has 0 saturated heterocycles. The number of alkyl halides is 3. The number of amides is 1. The molecular formula is C19H19ClF4N6O3. The highest BCUT2D eigenvalue weighted by Gasteiger charge is 2.31. The number of nitrogens with one attached hydrogen (secondary N) is 2. The van der Waals surface area contributed by atoms with Crippen molar-refractivity contribution in [2.45, 2.75) is 32.5 Å².